The van der Waals surface area contributed by atoms with Gasteiger partial charge in [-0.1, -0.05) is 35.3 Å². The van der Waals surface area contributed by atoms with Crippen molar-refractivity contribution in [2.45, 2.75) is 4.90 Å². The molecule has 0 saturated carbocycles. The lowest BCUT2D eigenvalue weighted by molar-refractivity contribution is -0.119. The number of benzene rings is 2. The van der Waals surface area contributed by atoms with Crippen LogP contribution in [0.15, 0.2) is 47.4 Å². The molecule has 0 bridgehead atoms. The number of amides is 1. The highest BCUT2D eigenvalue weighted by Gasteiger charge is 2.15. The Morgan fingerprint density at radius 2 is 1.96 bits per heavy atom. The highest BCUT2D eigenvalue weighted by Crippen LogP contribution is 2.26. The second-order valence-corrected chi connectivity index (χ2v) is 6.55. The molecule has 5 nitrogen and oxygen atoms in total. The molecular weight excluding hydrogens is 383 g/mol. The zero-order chi connectivity index (χ0) is 18.2. The van der Waals surface area contributed by atoms with Crippen molar-refractivity contribution in [1.82, 2.24) is 0 Å². The third-order valence-corrected chi connectivity index (χ3v) is 4.44. The predicted molar refractivity (Wildman–Crippen MR) is 98.2 cm³/mol. The van der Waals surface area contributed by atoms with Gasteiger partial charge in [0, 0.05) is 9.92 Å². The SMILES string of the molecule is N#CCSc1ccccc1NC(=O)COC(=O)c1cc(Cl)ccc1Cl. The van der Waals surface area contributed by atoms with Crippen LogP contribution < -0.4 is 5.32 Å². The molecule has 2 rings (SSSR count). The highest BCUT2D eigenvalue weighted by molar-refractivity contribution is 7.99. The number of hydrogen-bond donors (Lipinski definition) is 1. The monoisotopic (exact) mass is 394 g/mol. The van der Waals surface area contributed by atoms with Gasteiger partial charge in [0.2, 0.25) is 0 Å². The Balaban J connectivity index is 1.96. The average molecular weight is 395 g/mol. The van der Waals surface area contributed by atoms with E-state index in [1.54, 1.807) is 30.3 Å². The normalized spacial score (nSPS) is 9.96. The van der Waals surface area contributed by atoms with Crippen molar-refractivity contribution in [2.75, 3.05) is 17.7 Å². The van der Waals surface area contributed by atoms with Gasteiger partial charge in [0.25, 0.3) is 5.91 Å². The molecule has 0 atom stereocenters. The van der Waals surface area contributed by atoms with Crippen molar-refractivity contribution >= 4 is 52.5 Å². The number of carbonyl (C=O) groups excluding carboxylic acids is 2. The topological polar surface area (TPSA) is 79.2 Å². The van der Waals surface area contributed by atoms with Crippen LogP contribution in [0.5, 0.6) is 0 Å². The summed E-state index contributed by atoms with van der Waals surface area (Å²) >= 11 is 13.0. The van der Waals surface area contributed by atoms with E-state index in [0.29, 0.717) is 10.7 Å². The van der Waals surface area contributed by atoms with Gasteiger partial charge in [0.05, 0.1) is 28.1 Å². The first-order valence-corrected chi connectivity index (χ1v) is 8.76. The van der Waals surface area contributed by atoms with Gasteiger partial charge in [-0.05, 0) is 30.3 Å². The number of nitrogens with zero attached hydrogens (tertiary/aromatic N) is 1. The van der Waals surface area contributed by atoms with Crippen LogP contribution in [0.1, 0.15) is 10.4 Å². The summed E-state index contributed by atoms with van der Waals surface area (Å²) in [6, 6.07) is 13.5. The number of thioether (sulfide) groups is 1. The van der Waals surface area contributed by atoms with E-state index in [0.717, 1.165) is 4.90 Å². The van der Waals surface area contributed by atoms with E-state index < -0.39 is 18.5 Å². The molecular formula is C17H12Cl2N2O3S. The Labute approximate surface area is 158 Å². The van der Waals surface area contributed by atoms with Gasteiger partial charge in [0.1, 0.15) is 0 Å². The number of esters is 1. The van der Waals surface area contributed by atoms with E-state index >= 15 is 0 Å². The minimum Gasteiger partial charge on any atom is -0.452 e. The van der Waals surface area contributed by atoms with E-state index in [2.05, 4.69) is 5.32 Å². The molecule has 128 valence electrons. The summed E-state index contributed by atoms with van der Waals surface area (Å²) in [6.45, 7) is -0.473. The maximum Gasteiger partial charge on any atom is 0.340 e. The third-order valence-electron chi connectivity index (χ3n) is 2.94. The Hall–Kier alpha value is -2.20. The molecule has 0 radical (unpaired) electrons. The third kappa shape index (κ3) is 5.68. The lowest BCUT2D eigenvalue weighted by Gasteiger charge is -2.10. The predicted octanol–water partition coefficient (Wildman–Crippen LogP) is 4.40. The van der Waals surface area contributed by atoms with Crippen LogP contribution in [0.3, 0.4) is 0 Å². The Bertz CT molecular complexity index is 837. The van der Waals surface area contributed by atoms with Crippen molar-refractivity contribution in [2.24, 2.45) is 0 Å². The van der Waals surface area contributed by atoms with E-state index in [1.807, 2.05) is 6.07 Å². The van der Waals surface area contributed by atoms with Crippen molar-refractivity contribution in [1.29, 1.82) is 5.26 Å². The molecule has 2 aromatic carbocycles. The molecule has 25 heavy (non-hydrogen) atoms. The van der Waals surface area contributed by atoms with Gasteiger partial charge in [-0.15, -0.1) is 11.8 Å². The second-order valence-electron chi connectivity index (χ2n) is 4.69. The lowest BCUT2D eigenvalue weighted by Crippen LogP contribution is -2.21. The van der Waals surface area contributed by atoms with Gasteiger partial charge in [-0.2, -0.15) is 5.26 Å². The van der Waals surface area contributed by atoms with E-state index in [1.165, 1.54) is 23.9 Å². The summed E-state index contributed by atoms with van der Waals surface area (Å²) in [7, 11) is 0. The van der Waals surface area contributed by atoms with Crippen LogP contribution >= 0.6 is 35.0 Å². The minimum absolute atomic E-state index is 0.0898. The quantitative estimate of drug-likeness (QED) is 0.579. The number of halogens is 2. The summed E-state index contributed by atoms with van der Waals surface area (Å²) in [5, 5.41) is 11.8. The first kappa shape index (κ1) is 19.1. The van der Waals surface area contributed by atoms with Crippen molar-refractivity contribution < 1.29 is 14.3 Å². The molecule has 0 fully saturated rings. The van der Waals surface area contributed by atoms with E-state index in [4.69, 9.17) is 33.2 Å². The van der Waals surface area contributed by atoms with Gasteiger partial charge >= 0.3 is 5.97 Å². The molecule has 0 aliphatic rings. The zero-order valence-electron chi connectivity index (χ0n) is 12.8. The number of rotatable bonds is 6. The molecule has 0 unspecified atom stereocenters. The van der Waals surface area contributed by atoms with Crippen molar-refractivity contribution in [3.05, 3.63) is 58.1 Å². The lowest BCUT2D eigenvalue weighted by atomic mass is 10.2. The van der Waals surface area contributed by atoms with Gasteiger partial charge in [0.15, 0.2) is 6.61 Å². The van der Waals surface area contributed by atoms with Crippen LogP contribution in [0, 0.1) is 11.3 Å². The number of anilines is 1. The summed E-state index contributed by atoms with van der Waals surface area (Å²) < 4.78 is 4.97. The standard InChI is InChI=1S/C17H12Cl2N2O3S/c18-11-5-6-13(19)12(9-11)17(23)24-10-16(22)21-14-3-1-2-4-15(14)25-8-7-20/h1-6,9H,8,10H2,(H,21,22). The van der Waals surface area contributed by atoms with Crippen LogP contribution in [0.2, 0.25) is 10.0 Å². The smallest absolute Gasteiger partial charge is 0.340 e. The maximum absolute atomic E-state index is 12.0. The Kier molecular flexibility index (Phi) is 7.14. The van der Waals surface area contributed by atoms with Gasteiger partial charge in [-0.3, -0.25) is 4.79 Å². The van der Waals surface area contributed by atoms with Crippen LogP contribution in [-0.4, -0.2) is 24.2 Å². The zero-order valence-corrected chi connectivity index (χ0v) is 15.1. The van der Waals surface area contributed by atoms with Crippen molar-refractivity contribution in [3.8, 4) is 6.07 Å². The molecule has 0 aliphatic carbocycles. The molecule has 0 aliphatic heterocycles. The number of carbonyl (C=O) groups is 2. The van der Waals surface area contributed by atoms with E-state index in [-0.39, 0.29) is 16.3 Å². The van der Waals surface area contributed by atoms with Crippen molar-refractivity contribution in [3.63, 3.8) is 0 Å². The van der Waals surface area contributed by atoms with Gasteiger partial charge in [-0.25, -0.2) is 4.79 Å². The molecule has 8 heteroatoms. The largest absolute Gasteiger partial charge is 0.452 e. The minimum atomic E-state index is -0.741. The Morgan fingerprint density at radius 1 is 1.20 bits per heavy atom. The molecule has 2 aromatic rings. The molecule has 0 spiro atoms. The van der Waals surface area contributed by atoms with Crippen LogP contribution in [0.4, 0.5) is 5.69 Å². The maximum atomic E-state index is 12.0. The number of nitrogens with one attached hydrogen (secondary N) is 1. The second kappa shape index (κ2) is 9.33. The number of para-hydroxylation sites is 1. The van der Waals surface area contributed by atoms with Crippen LogP contribution in [0.25, 0.3) is 0 Å². The summed E-state index contributed by atoms with van der Waals surface area (Å²) in [5.41, 5.74) is 0.636. The van der Waals surface area contributed by atoms with Crippen LogP contribution in [-0.2, 0) is 9.53 Å². The molecule has 0 heterocycles. The molecule has 1 amide bonds. The number of nitriles is 1. The number of hydrogen-bond acceptors (Lipinski definition) is 5. The number of ether oxygens (including phenoxy) is 1. The van der Waals surface area contributed by atoms with E-state index in [9.17, 15) is 9.59 Å². The van der Waals surface area contributed by atoms with Gasteiger partial charge < -0.3 is 10.1 Å². The Morgan fingerprint density at radius 3 is 2.72 bits per heavy atom. The first-order valence-electron chi connectivity index (χ1n) is 7.02. The summed E-state index contributed by atoms with van der Waals surface area (Å²) in [4.78, 5) is 24.8. The summed E-state index contributed by atoms with van der Waals surface area (Å²) in [6.07, 6.45) is 0. The molecule has 0 saturated heterocycles. The molecule has 1 N–H and O–H groups in total. The average Bonchev–Trinajstić information content (AvgIpc) is 2.61. The fraction of sp³-hybridized carbons (Fsp3) is 0.118. The summed E-state index contributed by atoms with van der Waals surface area (Å²) in [5.74, 6) is -0.985. The molecule has 0 aromatic heterocycles. The fourth-order valence-corrected chi connectivity index (χ4v) is 2.89. The highest BCUT2D eigenvalue weighted by atomic mass is 35.5. The first-order chi connectivity index (χ1) is 12.0. The fourth-order valence-electron chi connectivity index (χ4n) is 1.85.